The Morgan fingerprint density at radius 2 is 1.86 bits per heavy atom. The van der Waals surface area contributed by atoms with E-state index >= 15 is 0 Å². The van der Waals surface area contributed by atoms with Gasteiger partial charge in [0.25, 0.3) is 0 Å². The molecule has 3 heteroatoms. The number of hydrogen-bond donors (Lipinski definition) is 0. The van der Waals surface area contributed by atoms with Gasteiger partial charge in [0.2, 0.25) is 0 Å². The largest absolute Gasteiger partial charge is 0.469 e. The molecule has 0 aliphatic rings. The zero-order valence-electron chi connectivity index (χ0n) is 9.72. The Morgan fingerprint density at radius 1 is 1.36 bits per heavy atom. The Bertz CT molecular complexity index is 219. The van der Waals surface area contributed by atoms with Gasteiger partial charge in [0.05, 0.1) is 12.5 Å². The van der Waals surface area contributed by atoms with Crippen molar-refractivity contribution in [3.63, 3.8) is 0 Å². The SMILES string of the molecule is CCC(=O)CC(C)C(C)(C)C(=O)OC. The summed E-state index contributed by atoms with van der Waals surface area (Å²) in [6.45, 7) is 7.36. The van der Waals surface area contributed by atoms with E-state index in [1.165, 1.54) is 7.11 Å². The van der Waals surface area contributed by atoms with Crippen LogP contribution in [-0.4, -0.2) is 18.9 Å². The molecular weight excluding hydrogens is 180 g/mol. The number of rotatable bonds is 5. The molecule has 82 valence electrons. The van der Waals surface area contributed by atoms with Crippen molar-refractivity contribution >= 4 is 11.8 Å². The molecule has 0 fully saturated rings. The van der Waals surface area contributed by atoms with Crippen molar-refractivity contribution in [2.75, 3.05) is 7.11 Å². The van der Waals surface area contributed by atoms with E-state index in [-0.39, 0.29) is 17.7 Å². The summed E-state index contributed by atoms with van der Waals surface area (Å²) in [7, 11) is 1.37. The molecule has 14 heavy (non-hydrogen) atoms. The van der Waals surface area contributed by atoms with Crippen LogP contribution in [-0.2, 0) is 14.3 Å². The molecule has 0 aliphatic carbocycles. The third-order valence-corrected chi connectivity index (χ3v) is 2.87. The van der Waals surface area contributed by atoms with Crippen LogP contribution in [0.2, 0.25) is 0 Å². The monoisotopic (exact) mass is 200 g/mol. The number of carbonyl (C=O) groups is 2. The van der Waals surface area contributed by atoms with E-state index in [1.54, 1.807) is 0 Å². The third kappa shape index (κ3) is 3.13. The van der Waals surface area contributed by atoms with Crippen molar-refractivity contribution in [2.45, 2.75) is 40.5 Å². The number of ketones is 1. The third-order valence-electron chi connectivity index (χ3n) is 2.87. The molecule has 0 aromatic carbocycles. The van der Waals surface area contributed by atoms with Crippen molar-refractivity contribution in [3.8, 4) is 0 Å². The fourth-order valence-electron chi connectivity index (χ4n) is 1.21. The summed E-state index contributed by atoms with van der Waals surface area (Å²) in [6, 6.07) is 0. The lowest BCUT2D eigenvalue weighted by molar-refractivity contribution is -0.154. The molecule has 1 unspecified atom stereocenters. The fourth-order valence-corrected chi connectivity index (χ4v) is 1.21. The molecule has 0 rings (SSSR count). The van der Waals surface area contributed by atoms with Gasteiger partial charge in [-0.1, -0.05) is 13.8 Å². The number of methoxy groups -OCH3 is 1. The van der Waals surface area contributed by atoms with Crippen LogP contribution in [0.3, 0.4) is 0 Å². The minimum Gasteiger partial charge on any atom is -0.469 e. The van der Waals surface area contributed by atoms with Gasteiger partial charge in [0.15, 0.2) is 0 Å². The maximum Gasteiger partial charge on any atom is 0.311 e. The first-order valence-corrected chi connectivity index (χ1v) is 4.96. The molecule has 0 aromatic heterocycles. The summed E-state index contributed by atoms with van der Waals surface area (Å²) in [5, 5.41) is 0. The highest BCUT2D eigenvalue weighted by molar-refractivity contribution is 5.81. The quantitative estimate of drug-likeness (QED) is 0.639. The Kier molecular flexibility index (Phi) is 4.81. The standard InChI is InChI=1S/C11H20O3/c1-6-9(12)7-8(2)11(3,4)10(13)14-5/h8H,6-7H2,1-5H3. The van der Waals surface area contributed by atoms with E-state index in [9.17, 15) is 9.59 Å². The lowest BCUT2D eigenvalue weighted by Crippen LogP contribution is -2.33. The molecule has 0 aliphatic heterocycles. The first-order chi connectivity index (χ1) is 6.36. The van der Waals surface area contributed by atoms with E-state index in [0.29, 0.717) is 12.8 Å². The van der Waals surface area contributed by atoms with Gasteiger partial charge in [-0.3, -0.25) is 9.59 Å². The van der Waals surface area contributed by atoms with E-state index in [0.717, 1.165) is 0 Å². The molecule has 0 N–H and O–H groups in total. The molecule has 0 aromatic rings. The second kappa shape index (κ2) is 5.13. The molecule has 0 heterocycles. The number of Topliss-reactive ketones (excluding diaryl/α,β-unsaturated/α-hetero) is 1. The first kappa shape index (κ1) is 13.1. The lowest BCUT2D eigenvalue weighted by Gasteiger charge is -2.28. The molecule has 0 spiro atoms. The summed E-state index contributed by atoms with van der Waals surface area (Å²) in [5.74, 6) is -0.0502. The second-order valence-electron chi connectivity index (χ2n) is 4.21. The number of carbonyl (C=O) groups excluding carboxylic acids is 2. The van der Waals surface area contributed by atoms with Crippen LogP contribution in [0.4, 0.5) is 0 Å². The van der Waals surface area contributed by atoms with Gasteiger partial charge in [-0.15, -0.1) is 0 Å². The van der Waals surface area contributed by atoms with E-state index in [2.05, 4.69) is 0 Å². The van der Waals surface area contributed by atoms with E-state index < -0.39 is 5.41 Å². The maximum absolute atomic E-state index is 11.4. The van der Waals surface area contributed by atoms with Gasteiger partial charge in [-0.25, -0.2) is 0 Å². The van der Waals surface area contributed by atoms with Gasteiger partial charge in [0.1, 0.15) is 5.78 Å². The van der Waals surface area contributed by atoms with E-state index in [4.69, 9.17) is 4.74 Å². The Labute approximate surface area is 85.8 Å². The Hall–Kier alpha value is -0.860. The van der Waals surface area contributed by atoms with Gasteiger partial charge < -0.3 is 4.74 Å². The van der Waals surface area contributed by atoms with Crippen LogP contribution in [0.15, 0.2) is 0 Å². The fraction of sp³-hybridized carbons (Fsp3) is 0.818. The lowest BCUT2D eigenvalue weighted by atomic mass is 9.77. The number of ether oxygens (including phenoxy) is 1. The predicted octanol–water partition coefficient (Wildman–Crippen LogP) is 2.19. The van der Waals surface area contributed by atoms with Gasteiger partial charge in [0, 0.05) is 12.8 Å². The summed E-state index contributed by atoms with van der Waals surface area (Å²) in [6.07, 6.45) is 0.972. The highest BCUT2D eigenvalue weighted by Crippen LogP contribution is 2.30. The van der Waals surface area contributed by atoms with Crippen LogP contribution in [0.25, 0.3) is 0 Å². The smallest absolute Gasteiger partial charge is 0.311 e. The highest BCUT2D eigenvalue weighted by atomic mass is 16.5. The average molecular weight is 200 g/mol. The van der Waals surface area contributed by atoms with Crippen molar-refractivity contribution in [3.05, 3.63) is 0 Å². The van der Waals surface area contributed by atoms with Gasteiger partial charge in [-0.2, -0.15) is 0 Å². The van der Waals surface area contributed by atoms with Crippen LogP contribution in [0, 0.1) is 11.3 Å². The summed E-state index contributed by atoms with van der Waals surface area (Å²) >= 11 is 0. The summed E-state index contributed by atoms with van der Waals surface area (Å²) in [5.41, 5.74) is -0.584. The van der Waals surface area contributed by atoms with Crippen molar-refractivity contribution in [1.82, 2.24) is 0 Å². The Balaban J connectivity index is 4.42. The van der Waals surface area contributed by atoms with E-state index in [1.807, 2.05) is 27.7 Å². The zero-order chi connectivity index (χ0) is 11.4. The number of hydrogen-bond acceptors (Lipinski definition) is 3. The average Bonchev–Trinajstić information content (AvgIpc) is 2.15. The molecule has 0 saturated heterocycles. The topological polar surface area (TPSA) is 43.4 Å². The molecule has 0 saturated carbocycles. The zero-order valence-corrected chi connectivity index (χ0v) is 9.72. The molecule has 0 radical (unpaired) electrons. The number of esters is 1. The van der Waals surface area contributed by atoms with Crippen LogP contribution in [0.5, 0.6) is 0 Å². The van der Waals surface area contributed by atoms with Crippen molar-refractivity contribution < 1.29 is 14.3 Å². The van der Waals surface area contributed by atoms with Crippen molar-refractivity contribution in [2.24, 2.45) is 11.3 Å². The maximum atomic E-state index is 11.4. The van der Waals surface area contributed by atoms with Crippen LogP contribution >= 0.6 is 0 Å². The predicted molar refractivity (Wildman–Crippen MR) is 54.9 cm³/mol. The summed E-state index contributed by atoms with van der Waals surface area (Å²) in [4.78, 5) is 22.6. The van der Waals surface area contributed by atoms with Crippen molar-refractivity contribution in [1.29, 1.82) is 0 Å². The molecule has 1 atom stereocenters. The molecule has 0 amide bonds. The Morgan fingerprint density at radius 3 is 2.21 bits per heavy atom. The first-order valence-electron chi connectivity index (χ1n) is 4.96. The molecular formula is C11H20O3. The minimum absolute atomic E-state index is 0.0161. The normalized spacial score (nSPS) is 13.5. The van der Waals surface area contributed by atoms with Gasteiger partial charge >= 0.3 is 5.97 Å². The minimum atomic E-state index is -0.584. The molecule has 3 nitrogen and oxygen atoms in total. The molecule has 0 bridgehead atoms. The van der Waals surface area contributed by atoms with Crippen LogP contribution < -0.4 is 0 Å². The second-order valence-corrected chi connectivity index (χ2v) is 4.21. The van der Waals surface area contributed by atoms with Gasteiger partial charge in [-0.05, 0) is 19.8 Å². The summed E-state index contributed by atoms with van der Waals surface area (Å²) < 4.78 is 4.70. The van der Waals surface area contributed by atoms with Crippen LogP contribution in [0.1, 0.15) is 40.5 Å². The highest BCUT2D eigenvalue weighted by Gasteiger charge is 2.35.